The number of ether oxygens (including phenoxy) is 1. The van der Waals surface area contributed by atoms with Crippen molar-refractivity contribution in [3.8, 4) is 0 Å². The van der Waals surface area contributed by atoms with E-state index in [2.05, 4.69) is 0 Å². The normalized spacial score (nSPS) is 20.7. The lowest BCUT2D eigenvalue weighted by Crippen LogP contribution is -2.47. The highest BCUT2D eigenvalue weighted by Gasteiger charge is 2.33. The van der Waals surface area contributed by atoms with Gasteiger partial charge >= 0.3 is 5.97 Å². The number of rotatable bonds is 3. The van der Waals surface area contributed by atoms with Gasteiger partial charge in [0, 0.05) is 13.1 Å². The fraction of sp³-hybridized carbons (Fsp3) is 0.571. The molecule has 6 heteroatoms. The molecule has 0 aliphatic carbocycles. The highest BCUT2D eigenvalue weighted by atomic mass is 32.1. The molecule has 0 spiro atoms. The second-order valence-electron chi connectivity index (χ2n) is 5.38. The molecular formula is C14H17NO4S. The van der Waals surface area contributed by atoms with Gasteiger partial charge in [-0.25, -0.2) is 4.79 Å². The van der Waals surface area contributed by atoms with Crippen LogP contribution in [0.3, 0.4) is 0 Å². The summed E-state index contributed by atoms with van der Waals surface area (Å²) in [6, 6.07) is 1.77. The molecule has 108 valence electrons. The topological polar surface area (TPSA) is 66.8 Å². The van der Waals surface area contributed by atoms with Crippen LogP contribution in [0.15, 0.2) is 11.4 Å². The first kappa shape index (κ1) is 13.6. The maximum Gasteiger partial charge on any atom is 0.345 e. The van der Waals surface area contributed by atoms with Crippen molar-refractivity contribution < 1.29 is 19.4 Å². The Morgan fingerprint density at radius 3 is 2.50 bits per heavy atom. The lowest BCUT2D eigenvalue weighted by atomic mass is 9.90. The average molecular weight is 295 g/mol. The minimum atomic E-state index is -0.862. The minimum absolute atomic E-state index is 0.0614. The Morgan fingerprint density at radius 1 is 1.30 bits per heavy atom. The number of nitrogens with zero attached hydrogens (tertiary/aromatic N) is 1. The third kappa shape index (κ3) is 2.58. The molecule has 2 aliphatic rings. The standard InChI is InChI=1S/C14H17NO4S/c16-13(11-6-19-7-11)15-3-1-9(2-4-15)10-5-12(14(17)18)20-8-10/h5,8-9,11H,1-4,6-7H2,(H,17,18). The van der Waals surface area contributed by atoms with Crippen LogP contribution in [0.1, 0.15) is 34.0 Å². The van der Waals surface area contributed by atoms with Gasteiger partial charge in [0.25, 0.3) is 0 Å². The summed E-state index contributed by atoms with van der Waals surface area (Å²) in [6.07, 6.45) is 1.82. The van der Waals surface area contributed by atoms with Crippen LogP contribution in [0.4, 0.5) is 0 Å². The van der Waals surface area contributed by atoms with E-state index >= 15 is 0 Å². The number of piperidine rings is 1. The Kier molecular flexibility index (Phi) is 3.76. The van der Waals surface area contributed by atoms with Crippen molar-refractivity contribution in [2.45, 2.75) is 18.8 Å². The molecule has 2 aliphatic heterocycles. The molecule has 3 rings (SSSR count). The molecule has 3 heterocycles. The van der Waals surface area contributed by atoms with Crippen molar-refractivity contribution in [2.75, 3.05) is 26.3 Å². The van der Waals surface area contributed by atoms with Crippen molar-refractivity contribution >= 4 is 23.2 Å². The molecule has 1 aromatic heterocycles. The Morgan fingerprint density at radius 2 is 2.00 bits per heavy atom. The number of carbonyl (C=O) groups excluding carboxylic acids is 1. The van der Waals surface area contributed by atoms with E-state index in [9.17, 15) is 9.59 Å². The van der Waals surface area contributed by atoms with Gasteiger partial charge < -0.3 is 14.7 Å². The predicted octanol–water partition coefficient (Wildman–Crippen LogP) is 1.80. The molecule has 5 nitrogen and oxygen atoms in total. The van der Waals surface area contributed by atoms with E-state index < -0.39 is 5.97 Å². The fourth-order valence-corrected chi connectivity index (χ4v) is 3.58. The lowest BCUT2D eigenvalue weighted by Gasteiger charge is -2.36. The van der Waals surface area contributed by atoms with Crippen molar-refractivity contribution in [3.05, 3.63) is 21.9 Å². The molecule has 1 N–H and O–H groups in total. The first-order valence-electron chi connectivity index (χ1n) is 6.83. The molecule has 1 aromatic rings. The van der Waals surface area contributed by atoms with Crippen molar-refractivity contribution in [1.82, 2.24) is 4.90 Å². The van der Waals surface area contributed by atoms with E-state index in [0.29, 0.717) is 24.0 Å². The van der Waals surface area contributed by atoms with Gasteiger partial charge in [0.05, 0.1) is 19.1 Å². The summed E-state index contributed by atoms with van der Waals surface area (Å²) >= 11 is 1.28. The number of hydrogen-bond donors (Lipinski definition) is 1. The van der Waals surface area contributed by atoms with E-state index in [1.807, 2.05) is 10.3 Å². The lowest BCUT2D eigenvalue weighted by molar-refractivity contribution is -0.150. The van der Waals surface area contributed by atoms with Gasteiger partial charge in [-0.05, 0) is 35.8 Å². The van der Waals surface area contributed by atoms with Crippen molar-refractivity contribution in [1.29, 1.82) is 0 Å². The van der Waals surface area contributed by atoms with E-state index in [0.717, 1.165) is 31.5 Å². The zero-order valence-electron chi connectivity index (χ0n) is 11.1. The number of likely N-dealkylation sites (tertiary alicyclic amines) is 1. The first-order chi connectivity index (χ1) is 9.65. The van der Waals surface area contributed by atoms with Crippen LogP contribution in [0.2, 0.25) is 0 Å². The van der Waals surface area contributed by atoms with Gasteiger partial charge in [-0.1, -0.05) is 0 Å². The molecule has 2 fully saturated rings. The zero-order chi connectivity index (χ0) is 14.1. The average Bonchev–Trinajstić information content (AvgIpc) is 2.86. The molecule has 20 heavy (non-hydrogen) atoms. The van der Waals surface area contributed by atoms with Gasteiger partial charge in [0.15, 0.2) is 0 Å². The van der Waals surface area contributed by atoms with E-state index in [4.69, 9.17) is 9.84 Å². The second-order valence-corrected chi connectivity index (χ2v) is 6.29. The molecule has 0 aromatic carbocycles. The van der Waals surface area contributed by atoms with E-state index in [1.165, 1.54) is 11.3 Å². The van der Waals surface area contributed by atoms with Crippen LogP contribution >= 0.6 is 11.3 Å². The highest BCUT2D eigenvalue weighted by molar-refractivity contribution is 7.12. The Hall–Kier alpha value is -1.40. The Labute approximate surface area is 121 Å². The summed E-state index contributed by atoms with van der Waals surface area (Å²) in [5.74, 6) is -0.211. The highest BCUT2D eigenvalue weighted by Crippen LogP contribution is 2.32. The summed E-state index contributed by atoms with van der Waals surface area (Å²) in [7, 11) is 0. The molecule has 0 saturated carbocycles. The summed E-state index contributed by atoms with van der Waals surface area (Å²) < 4.78 is 5.06. The van der Waals surface area contributed by atoms with Gasteiger partial charge in [0.1, 0.15) is 4.88 Å². The van der Waals surface area contributed by atoms with Gasteiger partial charge in [-0.3, -0.25) is 4.79 Å². The second kappa shape index (κ2) is 5.54. The quantitative estimate of drug-likeness (QED) is 0.923. The van der Waals surface area contributed by atoms with Gasteiger partial charge in [-0.2, -0.15) is 0 Å². The Balaban J connectivity index is 1.57. The summed E-state index contributed by atoms with van der Waals surface area (Å²) in [6.45, 7) is 2.65. The predicted molar refractivity (Wildman–Crippen MR) is 74.1 cm³/mol. The number of hydrogen-bond acceptors (Lipinski definition) is 4. The van der Waals surface area contributed by atoms with Crippen LogP contribution < -0.4 is 0 Å². The number of carbonyl (C=O) groups is 2. The minimum Gasteiger partial charge on any atom is -0.477 e. The smallest absolute Gasteiger partial charge is 0.345 e. The monoisotopic (exact) mass is 295 g/mol. The third-order valence-electron chi connectivity index (χ3n) is 4.10. The molecule has 2 saturated heterocycles. The van der Waals surface area contributed by atoms with E-state index in [1.54, 1.807) is 6.07 Å². The van der Waals surface area contributed by atoms with Crippen molar-refractivity contribution in [2.24, 2.45) is 5.92 Å². The Bertz CT molecular complexity index is 515. The molecular weight excluding hydrogens is 278 g/mol. The number of carboxylic acid groups (broad SMARTS) is 1. The summed E-state index contributed by atoms with van der Waals surface area (Å²) in [5, 5.41) is 10.9. The summed E-state index contributed by atoms with van der Waals surface area (Å²) in [5.41, 5.74) is 1.10. The zero-order valence-corrected chi connectivity index (χ0v) is 11.9. The number of thiophene rings is 1. The maximum absolute atomic E-state index is 12.1. The first-order valence-corrected chi connectivity index (χ1v) is 7.71. The molecule has 0 radical (unpaired) electrons. The summed E-state index contributed by atoms with van der Waals surface area (Å²) in [4.78, 5) is 25.3. The number of carboxylic acids is 1. The number of amides is 1. The fourth-order valence-electron chi connectivity index (χ4n) is 2.75. The van der Waals surface area contributed by atoms with Gasteiger partial charge in [0.2, 0.25) is 5.91 Å². The van der Waals surface area contributed by atoms with Crippen LogP contribution in [0, 0.1) is 5.92 Å². The van der Waals surface area contributed by atoms with E-state index in [-0.39, 0.29) is 11.8 Å². The SMILES string of the molecule is O=C(O)c1cc(C2CCN(C(=O)C3COC3)CC2)cs1. The van der Waals surface area contributed by atoms with Crippen LogP contribution in [-0.4, -0.2) is 48.2 Å². The molecule has 1 amide bonds. The third-order valence-corrected chi connectivity index (χ3v) is 5.03. The molecule has 0 unspecified atom stereocenters. The van der Waals surface area contributed by atoms with Gasteiger partial charge in [-0.15, -0.1) is 11.3 Å². The number of aromatic carboxylic acids is 1. The maximum atomic E-state index is 12.1. The van der Waals surface area contributed by atoms with Crippen LogP contribution in [0.25, 0.3) is 0 Å². The molecule has 0 atom stereocenters. The van der Waals surface area contributed by atoms with Crippen LogP contribution in [0.5, 0.6) is 0 Å². The van der Waals surface area contributed by atoms with Crippen LogP contribution in [-0.2, 0) is 9.53 Å². The molecule has 0 bridgehead atoms. The van der Waals surface area contributed by atoms with Crippen molar-refractivity contribution in [3.63, 3.8) is 0 Å². The largest absolute Gasteiger partial charge is 0.477 e.